The van der Waals surface area contributed by atoms with Crippen molar-refractivity contribution in [2.24, 2.45) is 5.73 Å². The lowest BCUT2D eigenvalue weighted by Gasteiger charge is -2.21. The molecule has 6 heteroatoms. The van der Waals surface area contributed by atoms with E-state index in [0.717, 1.165) is 16.1 Å². The van der Waals surface area contributed by atoms with Crippen molar-refractivity contribution in [3.8, 4) is 0 Å². The summed E-state index contributed by atoms with van der Waals surface area (Å²) in [5.41, 5.74) is 7.92. The van der Waals surface area contributed by atoms with E-state index >= 15 is 0 Å². The minimum Gasteiger partial charge on any atom is -0.320 e. The van der Waals surface area contributed by atoms with Crippen molar-refractivity contribution >= 4 is 22.4 Å². The van der Waals surface area contributed by atoms with Crippen LogP contribution in [0.4, 0.5) is 5.13 Å². The van der Waals surface area contributed by atoms with Gasteiger partial charge < -0.3 is 5.73 Å². The number of carbonyl (C=O) groups excluding carboxylic acids is 1. The maximum atomic E-state index is 12.3. The quantitative estimate of drug-likeness (QED) is 0.701. The molecule has 0 aliphatic rings. The van der Waals surface area contributed by atoms with E-state index in [0.29, 0.717) is 11.6 Å². The third-order valence-electron chi connectivity index (χ3n) is 4.32. The highest BCUT2D eigenvalue weighted by molar-refractivity contribution is 7.15. The molecule has 0 bridgehead atoms. The molecule has 1 amide bonds. The Kier molecular flexibility index (Phi) is 5.44. The van der Waals surface area contributed by atoms with Gasteiger partial charge in [-0.15, -0.1) is 10.2 Å². The molecular formula is C20H22N4OS. The third-order valence-corrected chi connectivity index (χ3v) is 5.48. The average molecular weight is 366 g/mol. The molecule has 3 rings (SSSR count). The van der Waals surface area contributed by atoms with Crippen LogP contribution in [0.15, 0.2) is 60.7 Å². The Bertz CT molecular complexity index is 862. The molecule has 0 radical (unpaired) electrons. The van der Waals surface area contributed by atoms with Gasteiger partial charge in [0.1, 0.15) is 5.01 Å². The molecule has 0 saturated heterocycles. The highest BCUT2D eigenvalue weighted by atomic mass is 32.1. The summed E-state index contributed by atoms with van der Waals surface area (Å²) >= 11 is 1.38. The summed E-state index contributed by atoms with van der Waals surface area (Å²) in [7, 11) is 0. The van der Waals surface area contributed by atoms with Crippen LogP contribution in [0.1, 0.15) is 30.0 Å². The third kappa shape index (κ3) is 4.15. The average Bonchev–Trinajstić information content (AvgIpc) is 3.12. The molecule has 0 aliphatic carbocycles. The molecule has 3 N–H and O–H groups in total. The van der Waals surface area contributed by atoms with Gasteiger partial charge in [0.15, 0.2) is 0 Å². The van der Waals surface area contributed by atoms with E-state index in [1.807, 2.05) is 48.5 Å². The van der Waals surface area contributed by atoms with Crippen molar-refractivity contribution < 1.29 is 4.79 Å². The van der Waals surface area contributed by atoms with Crippen molar-refractivity contribution in [3.63, 3.8) is 0 Å². The van der Waals surface area contributed by atoms with Crippen LogP contribution in [-0.2, 0) is 16.6 Å². The molecule has 3 aromatic rings. The Morgan fingerprint density at radius 2 is 1.69 bits per heavy atom. The predicted molar refractivity (Wildman–Crippen MR) is 105 cm³/mol. The maximum absolute atomic E-state index is 12.3. The van der Waals surface area contributed by atoms with E-state index in [1.165, 1.54) is 11.3 Å². The maximum Gasteiger partial charge on any atom is 0.243 e. The standard InChI is InChI=1S/C20H22N4OS/c1-20(2,15-11-7-4-8-12-15)18-23-24-19(26-18)22-17(25)16(21)13-14-9-5-3-6-10-14/h3-12,16H,13,21H2,1-2H3,(H,22,24,25)/t16-/m0/s1. The molecule has 0 saturated carbocycles. The second-order valence-electron chi connectivity index (χ2n) is 6.69. The van der Waals surface area contributed by atoms with Crippen molar-refractivity contribution in [1.82, 2.24) is 10.2 Å². The molecule has 1 heterocycles. The van der Waals surface area contributed by atoms with Crippen LogP contribution in [0.2, 0.25) is 0 Å². The fourth-order valence-corrected chi connectivity index (χ4v) is 3.53. The van der Waals surface area contributed by atoms with Crippen molar-refractivity contribution in [2.45, 2.75) is 31.7 Å². The van der Waals surface area contributed by atoms with E-state index in [2.05, 4.69) is 41.5 Å². The van der Waals surface area contributed by atoms with Crippen LogP contribution in [0, 0.1) is 0 Å². The Labute approximate surface area is 157 Å². The van der Waals surface area contributed by atoms with Gasteiger partial charge in [-0.05, 0) is 31.4 Å². The number of carbonyl (C=O) groups is 1. The molecule has 5 nitrogen and oxygen atoms in total. The number of amides is 1. The lowest BCUT2D eigenvalue weighted by Crippen LogP contribution is -2.37. The summed E-state index contributed by atoms with van der Waals surface area (Å²) in [6.07, 6.45) is 0.480. The SMILES string of the molecule is CC(C)(c1ccccc1)c1nnc(NC(=O)[C@@H](N)Cc2ccccc2)s1. The predicted octanol–water partition coefficient (Wildman–Crippen LogP) is 3.37. The normalized spacial score (nSPS) is 12.6. The molecule has 0 spiro atoms. The summed E-state index contributed by atoms with van der Waals surface area (Å²) < 4.78 is 0. The minimum absolute atomic E-state index is 0.255. The topological polar surface area (TPSA) is 80.9 Å². The number of benzene rings is 2. The van der Waals surface area contributed by atoms with Gasteiger partial charge >= 0.3 is 0 Å². The smallest absolute Gasteiger partial charge is 0.243 e. The number of rotatable bonds is 6. The van der Waals surface area contributed by atoms with Crippen LogP contribution in [0.3, 0.4) is 0 Å². The second-order valence-corrected chi connectivity index (χ2v) is 7.67. The summed E-state index contributed by atoms with van der Waals surface area (Å²) in [6.45, 7) is 4.19. The van der Waals surface area contributed by atoms with Crippen molar-refractivity contribution in [3.05, 3.63) is 76.8 Å². The number of hydrogen-bond donors (Lipinski definition) is 2. The number of aromatic nitrogens is 2. The van der Waals surface area contributed by atoms with Crippen molar-refractivity contribution in [2.75, 3.05) is 5.32 Å². The monoisotopic (exact) mass is 366 g/mol. The molecule has 134 valence electrons. The zero-order valence-corrected chi connectivity index (χ0v) is 15.7. The van der Waals surface area contributed by atoms with Gasteiger partial charge in [-0.2, -0.15) is 0 Å². The van der Waals surface area contributed by atoms with Crippen LogP contribution in [-0.4, -0.2) is 22.1 Å². The lowest BCUT2D eigenvalue weighted by molar-refractivity contribution is -0.117. The van der Waals surface area contributed by atoms with Crippen LogP contribution in [0.25, 0.3) is 0 Å². The van der Waals surface area contributed by atoms with Gasteiger partial charge in [0, 0.05) is 5.41 Å². The lowest BCUT2D eigenvalue weighted by atomic mass is 9.85. The molecule has 0 fully saturated rings. The molecule has 1 aromatic heterocycles. The zero-order valence-electron chi connectivity index (χ0n) is 14.8. The number of nitrogens with one attached hydrogen (secondary N) is 1. The Morgan fingerprint density at radius 1 is 1.08 bits per heavy atom. The number of hydrogen-bond acceptors (Lipinski definition) is 5. The molecule has 26 heavy (non-hydrogen) atoms. The summed E-state index contributed by atoms with van der Waals surface area (Å²) in [5.74, 6) is -0.255. The van der Waals surface area contributed by atoms with Crippen molar-refractivity contribution in [1.29, 1.82) is 0 Å². The second kappa shape index (κ2) is 7.76. The van der Waals surface area contributed by atoms with Gasteiger partial charge in [-0.25, -0.2) is 0 Å². The highest BCUT2D eigenvalue weighted by Crippen LogP contribution is 2.34. The first kappa shape index (κ1) is 18.2. The molecule has 0 aliphatic heterocycles. The summed E-state index contributed by atoms with van der Waals surface area (Å²) in [6, 6.07) is 19.2. The fourth-order valence-electron chi connectivity index (χ4n) is 2.66. The van der Waals surface area contributed by atoms with E-state index < -0.39 is 6.04 Å². The Balaban J connectivity index is 1.67. The van der Waals surface area contributed by atoms with Crippen LogP contribution >= 0.6 is 11.3 Å². The molecule has 0 unspecified atom stereocenters. The summed E-state index contributed by atoms with van der Waals surface area (Å²) in [4.78, 5) is 12.3. The molecular weight excluding hydrogens is 344 g/mol. The van der Waals surface area contributed by atoms with Crippen LogP contribution in [0.5, 0.6) is 0 Å². The first-order valence-electron chi connectivity index (χ1n) is 8.46. The van der Waals surface area contributed by atoms with Gasteiger partial charge in [0.2, 0.25) is 11.0 Å². The first-order valence-corrected chi connectivity index (χ1v) is 9.28. The fraction of sp³-hybridized carbons (Fsp3) is 0.250. The van der Waals surface area contributed by atoms with Gasteiger partial charge in [-0.1, -0.05) is 72.0 Å². The Morgan fingerprint density at radius 3 is 2.35 bits per heavy atom. The molecule has 2 aromatic carbocycles. The largest absolute Gasteiger partial charge is 0.320 e. The number of nitrogens with zero attached hydrogens (tertiary/aromatic N) is 2. The van der Waals surface area contributed by atoms with E-state index in [9.17, 15) is 4.79 Å². The van der Waals surface area contributed by atoms with Crippen LogP contribution < -0.4 is 11.1 Å². The van der Waals surface area contributed by atoms with Gasteiger partial charge in [0.05, 0.1) is 6.04 Å². The minimum atomic E-state index is -0.633. The number of anilines is 1. The number of nitrogens with two attached hydrogens (primary N) is 1. The Hall–Kier alpha value is -2.57. The molecule has 1 atom stereocenters. The highest BCUT2D eigenvalue weighted by Gasteiger charge is 2.28. The van der Waals surface area contributed by atoms with Gasteiger partial charge in [0.25, 0.3) is 0 Å². The van der Waals surface area contributed by atoms with E-state index in [1.54, 1.807) is 0 Å². The van der Waals surface area contributed by atoms with E-state index in [4.69, 9.17) is 5.73 Å². The van der Waals surface area contributed by atoms with Gasteiger partial charge in [-0.3, -0.25) is 10.1 Å². The van der Waals surface area contributed by atoms with E-state index in [-0.39, 0.29) is 11.3 Å². The zero-order chi connectivity index (χ0) is 18.6. The summed E-state index contributed by atoms with van der Waals surface area (Å²) in [5, 5.41) is 12.5. The first-order chi connectivity index (χ1) is 12.5.